The van der Waals surface area contributed by atoms with Gasteiger partial charge in [-0.1, -0.05) is 96.1 Å². The van der Waals surface area contributed by atoms with Gasteiger partial charge in [-0.05, 0) is 34.9 Å². The molecule has 0 aromatic heterocycles. The molecule has 3 fully saturated rings. The lowest BCUT2D eigenvalue weighted by Crippen LogP contribution is -2.43. The zero-order chi connectivity index (χ0) is 17.4. The summed E-state index contributed by atoms with van der Waals surface area (Å²) in [5.74, 6) is 2.24. The van der Waals surface area contributed by atoms with E-state index in [1.165, 1.54) is 32.1 Å². The lowest BCUT2D eigenvalue weighted by molar-refractivity contribution is 0.271. The second-order valence-electron chi connectivity index (χ2n) is 10.7. The van der Waals surface area contributed by atoms with Crippen LogP contribution in [0.1, 0.15) is 64.2 Å². The van der Waals surface area contributed by atoms with Crippen LogP contribution in [0.15, 0.2) is 12.7 Å². The summed E-state index contributed by atoms with van der Waals surface area (Å²) in [4.78, 5) is 0. The van der Waals surface area contributed by atoms with Gasteiger partial charge in [-0.15, -0.1) is 6.58 Å². The Labute approximate surface area is 153 Å². The molecule has 138 valence electrons. The van der Waals surface area contributed by atoms with Gasteiger partial charge in [0.1, 0.15) is 0 Å². The maximum Gasteiger partial charge on any atom is 0.0572 e. The maximum absolute atomic E-state index is 4.08. The van der Waals surface area contributed by atoms with Crippen molar-refractivity contribution in [3.63, 3.8) is 0 Å². The summed E-state index contributed by atoms with van der Waals surface area (Å²) in [5.41, 5.74) is 3.43. The van der Waals surface area contributed by atoms with Crippen molar-refractivity contribution in [1.82, 2.24) is 0 Å². The minimum absolute atomic E-state index is 1.02. The Hall–Kier alpha value is 0.174. The minimum Gasteiger partial charge on any atom is -0.103 e. The second-order valence-corrected chi connectivity index (χ2v) is 21.3. The summed E-state index contributed by atoms with van der Waals surface area (Å²) in [7, 11) is -2.20. The highest BCUT2D eigenvalue weighted by Crippen LogP contribution is 2.64. The van der Waals surface area contributed by atoms with Crippen molar-refractivity contribution in [2.24, 2.45) is 11.8 Å². The predicted molar refractivity (Wildman–Crippen MR) is 114 cm³/mol. The van der Waals surface area contributed by atoms with Crippen LogP contribution in [0, 0.1) is 11.8 Å². The molecule has 0 bridgehead atoms. The van der Waals surface area contributed by atoms with Gasteiger partial charge < -0.3 is 0 Å². The van der Waals surface area contributed by atoms with Crippen molar-refractivity contribution in [3.05, 3.63) is 12.7 Å². The third-order valence-electron chi connectivity index (χ3n) is 8.55. The normalized spacial score (nSPS) is 37.2. The van der Waals surface area contributed by atoms with Gasteiger partial charge in [0.2, 0.25) is 0 Å². The third-order valence-corrected chi connectivity index (χ3v) is 17.6. The summed E-state index contributed by atoms with van der Waals surface area (Å²) in [6.07, 6.45) is 17.6. The van der Waals surface area contributed by atoms with E-state index in [9.17, 15) is 0 Å². The smallest absolute Gasteiger partial charge is 0.0572 e. The molecule has 0 N–H and O–H groups in total. The van der Waals surface area contributed by atoms with Crippen LogP contribution in [0.25, 0.3) is 0 Å². The van der Waals surface area contributed by atoms with E-state index in [2.05, 4.69) is 38.8 Å². The fourth-order valence-electron chi connectivity index (χ4n) is 7.26. The Morgan fingerprint density at radius 1 is 0.833 bits per heavy atom. The van der Waals surface area contributed by atoms with Crippen LogP contribution >= 0.6 is 0 Å². The standard InChI is InChI=1S/C22H42Si2/c1-6-7-16-24(5,18-12-8-9-13-18)22-17-21(23(2,3)4)19-14-10-11-15-20(19)22/h6,18-22H,1,7-17H2,2-5H3. The molecule has 0 spiro atoms. The van der Waals surface area contributed by atoms with Gasteiger partial charge in [0.15, 0.2) is 0 Å². The highest BCUT2D eigenvalue weighted by molar-refractivity contribution is 6.82. The molecule has 3 aliphatic carbocycles. The van der Waals surface area contributed by atoms with Crippen LogP contribution in [0.4, 0.5) is 0 Å². The predicted octanol–water partition coefficient (Wildman–Crippen LogP) is 7.87. The average Bonchev–Trinajstić information content (AvgIpc) is 3.20. The second kappa shape index (κ2) is 7.42. The molecule has 3 rings (SSSR count). The monoisotopic (exact) mass is 362 g/mol. The van der Waals surface area contributed by atoms with Crippen molar-refractivity contribution in [3.8, 4) is 0 Å². The molecule has 0 aromatic carbocycles. The van der Waals surface area contributed by atoms with Gasteiger partial charge in [-0.25, -0.2) is 0 Å². The van der Waals surface area contributed by atoms with E-state index in [1.807, 2.05) is 0 Å². The molecule has 0 amide bonds. The molecule has 3 saturated carbocycles. The van der Waals surface area contributed by atoms with Gasteiger partial charge in [0.25, 0.3) is 0 Å². The van der Waals surface area contributed by atoms with Gasteiger partial charge in [-0.3, -0.25) is 0 Å². The first-order valence-corrected chi connectivity index (χ1v) is 17.4. The molecular weight excluding hydrogens is 320 g/mol. The van der Waals surface area contributed by atoms with E-state index in [-0.39, 0.29) is 0 Å². The molecule has 2 heteroatoms. The molecule has 0 radical (unpaired) electrons. The Kier molecular flexibility index (Phi) is 5.86. The number of hydrogen-bond acceptors (Lipinski definition) is 0. The Morgan fingerprint density at radius 3 is 1.92 bits per heavy atom. The highest BCUT2D eigenvalue weighted by Gasteiger charge is 2.56. The van der Waals surface area contributed by atoms with E-state index in [0.29, 0.717) is 0 Å². The number of allylic oxidation sites excluding steroid dienone is 1. The zero-order valence-electron chi connectivity index (χ0n) is 16.9. The molecule has 0 aliphatic heterocycles. The molecule has 0 nitrogen and oxygen atoms in total. The van der Waals surface area contributed by atoms with Crippen molar-refractivity contribution in [1.29, 1.82) is 0 Å². The first kappa shape index (κ1) is 18.9. The van der Waals surface area contributed by atoms with Crippen LogP contribution in [0.5, 0.6) is 0 Å². The summed E-state index contributed by atoms with van der Waals surface area (Å²) in [6.45, 7) is 14.9. The maximum atomic E-state index is 4.08. The van der Waals surface area contributed by atoms with Crippen LogP contribution in [-0.2, 0) is 0 Å². The molecule has 3 aliphatic rings. The number of fused-ring (bicyclic) bond motifs is 1. The van der Waals surface area contributed by atoms with Gasteiger partial charge >= 0.3 is 0 Å². The SMILES string of the molecule is C=CCC[Si](C)(C1CCCC1)C1CC([Si](C)(C)C)C2CCCCC21. The summed E-state index contributed by atoms with van der Waals surface area (Å²) >= 11 is 0. The molecule has 24 heavy (non-hydrogen) atoms. The Morgan fingerprint density at radius 2 is 1.38 bits per heavy atom. The van der Waals surface area contributed by atoms with E-state index < -0.39 is 16.1 Å². The average molecular weight is 363 g/mol. The van der Waals surface area contributed by atoms with Crippen LogP contribution < -0.4 is 0 Å². The fraction of sp³-hybridized carbons (Fsp3) is 0.909. The number of rotatable bonds is 6. The highest BCUT2D eigenvalue weighted by atomic mass is 28.3. The fourth-order valence-corrected chi connectivity index (χ4v) is 16.3. The summed E-state index contributed by atoms with van der Waals surface area (Å²) in [6, 6.07) is 1.55. The third kappa shape index (κ3) is 3.52. The number of hydrogen-bond donors (Lipinski definition) is 0. The minimum atomic E-state index is -1.18. The van der Waals surface area contributed by atoms with Crippen LogP contribution in [-0.4, -0.2) is 16.1 Å². The van der Waals surface area contributed by atoms with Crippen molar-refractivity contribution >= 4 is 16.1 Å². The van der Waals surface area contributed by atoms with E-state index in [1.54, 1.807) is 38.1 Å². The summed E-state index contributed by atoms with van der Waals surface area (Å²) in [5, 5.41) is 0. The first-order chi connectivity index (χ1) is 11.4. The van der Waals surface area contributed by atoms with Crippen molar-refractivity contribution in [2.75, 3.05) is 0 Å². The van der Waals surface area contributed by atoms with Gasteiger partial charge in [0, 0.05) is 8.07 Å². The quantitative estimate of drug-likeness (QED) is 0.333. The van der Waals surface area contributed by atoms with E-state index >= 15 is 0 Å². The van der Waals surface area contributed by atoms with Crippen molar-refractivity contribution in [2.45, 2.75) is 113 Å². The van der Waals surface area contributed by atoms with Crippen molar-refractivity contribution < 1.29 is 0 Å². The largest absolute Gasteiger partial charge is 0.103 e. The van der Waals surface area contributed by atoms with Gasteiger partial charge in [0.05, 0.1) is 8.07 Å². The molecule has 0 heterocycles. The molecule has 5 atom stereocenters. The molecule has 5 unspecified atom stereocenters. The lowest BCUT2D eigenvalue weighted by atomic mass is 9.81. The Bertz CT molecular complexity index is 432. The molecular formula is C22H42Si2. The lowest BCUT2D eigenvalue weighted by Gasteiger charge is -2.44. The van der Waals surface area contributed by atoms with Gasteiger partial charge in [-0.2, -0.15) is 0 Å². The van der Waals surface area contributed by atoms with Crippen LogP contribution in [0.2, 0.25) is 48.9 Å². The molecule has 0 aromatic rings. The molecule has 0 saturated heterocycles. The topological polar surface area (TPSA) is 0 Å². The van der Waals surface area contributed by atoms with Crippen LogP contribution in [0.3, 0.4) is 0 Å². The Balaban J connectivity index is 1.89. The van der Waals surface area contributed by atoms with E-state index in [4.69, 9.17) is 0 Å². The van der Waals surface area contributed by atoms with E-state index in [0.717, 1.165) is 28.5 Å². The summed E-state index contributed by atoms with van der Waals surface area (Å²) < 4.78 is 0. The first-order valence-electron chi connectivity index (χ1n) is 11.0. The zero-order valence-corrected chi connectivity index (χ0v) is 18.9.